The van der Waals surface area contributed by atoms with Crippen LogP contribution in [0.15, 0.2) is 24.3 Å². The molecule has 24 heavy (non-hydrogen) atoms. The summed E-state index contributed by atoms with van der Waals surface area (Å²) in [5.74, 6) is 0.785. The molecule has 1 atom stereocenters. The summed E-state index contributed by atoms with van der Waals surface area (Å²) in [6.07, 6.45) is 6.81. The first-order valence-corrected chi connectivity index (χ1v) is 9.26. The van der Waals surface area contributed by atoms with Gasteiger partial charge in [0.2, 0.25) is 0 Å². The number of ketones is 1. The van der Waals surface area contributed by atoms with Crippen LogP contribution in [0.2, 0.25) is 11.3 Å². The predicted octanol–water partition coefficient (Wildman–Crippen LogP) is 3.30. The maximum atomic E-state index is 12.5. The second-order valence-electron chi connectivity index (χ2n) is 6.91. The SMILES string of the molecule is NC(CCCCB(O)O)[C@H]1CC[C@@H](C(=O)c2ccc(Cl)cc2)CC1. The Bertz CT molecular complexity index is 516. The number of hydrogen-bond donors (Lipinski definition) is 3. The number of Topliss-reactive ketones (excluding diaryl/α,β-unsaturated/α-hetero) is 1. The Labute approximate surface area is 149 Å². The monoisotopic (exact) mass is 351 g/mol. The molecule has 1 fully saturated rings. The molecule has 1 aliphatic carbocycles. The van der Waals surface area contributed by atoms with Crippen LogP contribution in [0, 0.1) is 11.8 Å². The normalized spacial score (nSPS) is 22.2. The Morgan fingerprint density at radius 1 is 1.17 bits per heavy atom. The van der Waals surface area contributed by atoms with Gasteiger partial charge in [-0.15, -0.1) is 0 Å². The van der Waals surface area contributed by atoms with Crippen LogP contribution in [-0.2, 0) is 0 Å². The minimum atomic E-state index is -1.21. The maximum Gasteiger partial charge on any atom is 0.451 e. The van der Waals surface area contributed by atoms with Crippen LogP contribution in [0.5, 0.6) is 0 Å². The van der Waals surface area contributed by atoms with E-state index >= 15 is 0 Å². The molecule has 1 aromatic rings. The van der Waals surface area contributed by atoms with Crippen molar-refractivity contribution in [1.82, 2.24) is 0 Å². The highest BCUT2D eigenvalue weighted by atomic mass is 35.5. The van der Waals surface area contributed by atoms with Gasteiger partial charge >= 0.3 is 7.12 Å². The average Bonchev–Trinajstić information content (AvgIpc) is 2.58. The fourth-order valence-corrected chi connectivity index (χ4v) is 3.73. The minimum absolute atomic E-state index is 0.0964. The third kappa shape index (κ3) is 5.89. The summed E-state index contributed by atoms with van der Waals surface area (Å²) in [5, 5.41) is 18.3. The molecule has 1 unspecified atom stereocenters. The van der Waals surface area contributed by atoms with E-state index in [2.05, 4.69) is 0 Å². The Kier molecular flexibility index (Phi) is 7.75. The lowest BCUT2D eigenvalue weighted by Crippen LogP contribution is -2.34. The molecule has 4 N–H and O–H groups in total. The Morgan fingerprint density at radius 2 is 1.79 bits per heavy atom. The molecule has 0 heterocycles. The highest BCUT2D eigenvalue weighted by molar-refractivity contribution is 6.40. The van der Waals surface area contributed by atoms with Crippen LogP contribution < -0.4 is 5.73 Å². The number of hydrogen-bond acceptors (Lipinski definition) is 4. The first kappa shape index (κ1) is 19.4. The zero-order valence-corrected chi connectivity index (χ0v) is 14.8. The van der Waals surface area contributed by atoms with Crippen molar-refractivity contribution < 1.29 is 14.8 Å². The van der Waals surface area contributed by atoms with Crippen LogP contribution in [0.25, 0.3) is 0 Å². The standard InChI is InChI=1S/C18H27BClNO3/c20-16-10-8-15(9-11-16)18(22)14-6-4-13(5-7-14)17(21)3-1-2-12-19(23)24/h8-11,13-14,17,23-24H,1-7,12,21H2/t13-,14+,17?. The highest BCUT2D eigenvalue weighted by Crippen LogP contribution is 2.33. The smallest absolute Gasteiger partial charge is 0.427 e. The van der Waals surface area contributed by atoms with Gasteiger partial charge in [-0.05, 0) is 68.6 Å². The number of benzene rings is 1. The molecule has 0 amide bonds. The van der Waals surface area contributed by atoms with Crippen LogP contribution in [0.1, 0.15) is 55.3 Å². The summed E-state index contributed by atoms with van der Waals surface area (Å²) >= 11 is 5.87. The molecule has 6 heteroatoms. The van der Waals surface area contributed by atoms with Crippen LogP contribution in [-0.4, -0.2) is 29.0 Å². The van der Waals surface area contributed by atoms with Crippen molar-refractivity contribution in [3.05, 3.63) is 34.9 Å². The first-order valence-electron chi connectivity index (χ1n) is 8.89. The first-order chi connectivity index (χ1) is 11.5. The van der Waals surface area contributed by atoms with Crippen molar-refractivity contribution in [1.29, 1.82) is 0 Å². The van der Waals surface area contributed by atoms with E-state index < -0.39 is 7.12 Å². The Balaban J connectivity index is 1.74. The van der Waals surface area contributed by atoms with E-state index in [0.29, 0.717) is 17.3 Å². The molecular formula is C18H27BClNO3. The Morgan fingerprint density at radius 3 is 2.38 bits per heavy atom. The molecule has 1 aromatic carbocycles. The molecule has 0 aliphatic heterocycles. The summed E-state index contributed by atoms with van der Waals surface area (Å²) < 4.78 is 0. The molecule has 4 nitrogen and oxygen atoms in total. The number of halogens is 1. The number of carbonyl (C=O) groups is 1. The minimum Gasteiger partial charge on any atom is -0.427 e. The molecule has 1 aliphatic rings. The van der Waals surface area contributed by atoms with Crippen molar-refractivity contribution in [3.63, 3.8) is 0 Å². The summed E-state index contributed by atoms with van der Waals surface area (Å²) in [4.78, 5) is 12.5. The van der Waals surface area contributed by atoms with Crippen LogP contribution in [0.4, 0.5) is 0 Å². The molecule has 132 valence electrons. The highest BCUT2D eigenvalue weighted by Gasteiger charge is 2.29. The van der Waals surface area contributed by atoms with Gasteiger partial charge in [0, 0.05) is 22.5 Å². The predicted molar refractivity (Wildman–Crippen MR) is 98.1 cm³/mol. The molecule has 0 radical (unpaired) electrons. The zero-order chi connectivity index (χ0) is 17.5. The molecule has 0 bridgehead atoms. The van der Waals surface area contributed by atoms with Crippen molar-refractivity contribution in [2.24, 2.45) is 17.6 Å². The molecule has 0 spiro atoms. The molecular weight excluding hydrogens is 324 g/mol. The maximum absolute atomic E-state index is 12.5. The van der Waals surface area contributed by atoms with Gasteiger partial charge in [0.05, 0.1) is 0 Å². The second kappa shape index (κ2) is 9.57. The number of unbranched alkanes of at least 4 members (excludes halogenated alkanes) is 1. The summed E-state index contributed by atoms with van der Waals surface area (Å²) in [6.45, 7) is 0. The van der Waals surface area contributed by atoms with Crippen molar-refractivity contribution >= 4 is 24.5 Å². The third-order valence-corrected chi connectivity index (χ3v) is 5.38. The van der Waals surface area contributed by atoms with E-state index in [9.17, 15) is 4.79 Å². The van der Waals surface area contributed by atoms with Gasteiger partial charge in [0.1, 0.15) is 0 Å². The van der Waals surface area contributed by atoms with Crippen LogP contribution >= 0.6 is 11.6 Å². The van der Waals surface area contributed by atoms with Gasteiger partial charge < -0.3 is 15.8 Å². The third-order valence-electron chi connectivity index (χ3n) is 5.13. The van der Waals surface area contributed by atoms with E-state index in [1.807, 2.05) is 0 Å². The fourth-order valence-electron chi connectivity index (χ4n) is 3.60. The van der Waals surface area contributed by atoms with Gasteiger partial charge in [-0.1, -0.05) is 24.4 Å². The van der Waals surface area contributed by atoms with Gasteiger partial charge in [-0.3, -0.25) is 4.79 Å². The number of carbonyl (C=O) groups excluding carboxylic acids is 1. The summed E-state index contributed by atoms with van der Waals surface area (Å²) in [7, 11) is -1.21. The quantitative estimate of drug-likeness (QED) is 0.381. The van der Waals surface area contributed by atoms with Crippen LogP contribution in [0.3, 0.4) is 0 Å². The Hall–Kier alpha value is -0.875. The fraction of sp³-hybridized carbons (Fsp3) is 0.611. The van der Waals surface area contributed by atoms with Crippen molar-refractivity contribution in [3.8, 4) is 0 Å². The van der Waals surface area contributed by atoms with Gasteiger partial charge in [-0.2, -0.15) is 0 Å². The summed E-state index contributed by atoms with van der Waals surface area (Å²) in [6, 6.07) is 7.28. The van der Waals surface area contributed by atoms with Crippen molar-refractivity contribution in [2.75, 3.05) is 0 Å². The lowest BCUT2D eigenvalue weighted by Gasteiger charge is -2.31. The topological polar surface area (TPSA) is 83.6 Å². The molecule has 0 aromatic heterocycles. The van der Waals surface area contributed by atoms with E-state index in [4.69, 9.17) is 27.4 Å². The summed E-state index contributed by atoms with van der Waals surface area (Å²) in [5.41, 5.74) is 7.04. The average molecular weight is 352 g/mol. The lowest BCUT2D eigenvalue weighted by atomic mass is 9.75. The lowest BCUT2D eigenvalue weighted by molar-refractivity contribution is 0.0864. The van der Waals surface area contributed by atoms with Gasteiger partial charge in [-0.25, -0.2) is 0 Å². The number of rotatable bonds is 8. The zero-order valence-electron chi connectivity index (χ0n) is 14.0. The largest absolute Gasteiger partial charge is 0.451 e. The van der Waals surface area contributed by atoms with Gasteiger partial charge in [0.15, 0.2) is 5.78 Å². The van der Waals surface area contributed by atoms with Crippen molar-refractivity contribution in [2.45, 2.75) is 57.3 Å². The number of nitrogens with two attached hydrogens (primary N) is 1. The van der Waals surface area contributed by atoms with E-state index in [-0.39, 0.29) is 17.7 Å². The molecule has 0 saturated heterocycles. The molecule has 1 saturated carbocycles. The second-order valence-corrected chi connectivity index (χ2v) is 7.35. The molecule has 2 rings (SSSR count). The van der Waals surface area contributed by atoms with Gasteiger partial charge in [0.25, 0.3) is 0 Å². The van der Waals surface area contributed by atoms with E-state index in [1.165, 1.54) is 0 Å². The van der Waals surface area contributed by atoms with E-state index in [1.54, 1.807) is 24.3 Å². The van der Waals surface area contributed by atoms with E-state index in [0.717, 1.165) is 50.5 Å².